The van der Waals surface area contributed by atoms with Crippen molar-refractivity contribution in [1.82, 2.24) is 5.32 Å². The van der Waals surface area contributed by atoms with Gasteiger partial charge in [0.1, 0.15) is 11.9 Å². The third-order valence-electron chi connectivity index (χ3n) is 5.18. The summed E-state index contributed by atoms with van der Waals surface area (Å²) in [6, 6.07) is 17.8. The van der Waals surface area contributed by atoms with E-state index < -0.39 is 29.6 Å². The Morgan fingerprint density at radius 2 is 1.50 bits per heavy atom. The summed E-state index contributed by atoms with van der Waals surface area (Å²) in [5, 5.41) is 8.17. The molecule has 0 aliphatic carbocycles. The Morgan fingerprint density at radius 3 is 2.14 bits per heavy atom. The van der Waals surface area contributed by atoms with Crippen LogP contribution in [0.15, 0.2) is 72.8 Å². The highest BCUT2D eigenvalue weighted by Crippen LogP contribution is 2.25. The molecule has 0 radical (unpaired) electrons. The molecule has 0 aliphatic rings. The lowest BCUT2D eigenvalue weighted by Gasteiger charge is -2.22. The summed E-state index contributed by atoms with van der Waals surface area (Å²) in [5.41, 5.74) is 1.14. The Hall–Kier alpha value is -4.40. The van der Waals surface area contributed by atoms with Gasteiger partial charge in [-0.25, -0.2) is 4.39 Å². The molecule has 3 amide bonds. The Morgan fingerprint density at radius 1 is 0.861 bits per heavy atom. The Labute approximate surface area is 208 Å². The van der Waals surface area contributed by atoms with Crippen LogP contribution < -0.4 is 25.4 Å². The monoisotopic (exact) mass is 493 g/mol. The molecule has 0 saturated heterocycles. The molecule has 0 spiro atoms. The van der Waals surface area contributed by atoms with E-state index in [1.165, 1.54) is 31.4 Å². The van der Waals surface area contributed by atoms with E-state index in [2.05, 4.69) is 16.0 Å². The summed E-state index contributed by atoms with van der Waals surface area (Å²) in [7, 11) is 1.51. The second kappa shape index (κ2) is 12.3. The van der Waals surface area contributed by atoms with Gasteiger partial charge in [-0.15, -0.1) is 0 Å². The van der Waals surface area contributed by atoms with Gasteiger partial charge < -0.3 is 25.4 Å². The summed E-state index contributed by atoms with van der Waals surface area (Å²) >= 11 is 0. The van der Waals surface area contributed by atoms with Gasteiger partial charge in [-0.2, -0.15) is 0 Å². The Kier molecular flexibility index (Phi) is 8.99. The molecule has 188 valence electrons. The summed E-state index contributed by atoms with van der Waals surface area (Å²) in [5.74, 6) is -1.02. The highest BCUT2D eigenvalue weighted by atomic mass is 19.1. The fraction of sp³-hybridized carbons (Fsp3) is 0.222. The van der Waals surface area contributed by atoms with Gasteiger partial charge in [0.15, 0.2) is 18.1 Å². The van der Waals surface area contributed by atoms with Crippen molar-refractivity contribution in [1.29, 1.82) is 0 Å². The van der Waals surface area contributed by atoms with E-state index in [1.54, 1.807) is 62.4 Å². The van der Waals surface area contributed by atoms with Crippen LogP contribution in [0, 0.1) is 11.7 Å². The lowest BCUT2D eigenvalue weighted by atomic mass is 10.0. The molecule has 1 atom stereocenters. The topological polar surface area (TPSA) is 106 Å². The second-order valence-electron chi connectivity index (χ2n) is 8.26. The number of ether oxygens (including phenoxy) is 2. The number of benzene rings is 3. The number of anilines is 2. The van der Waals surface area contributed by atoms with Gasteiger partial charge >= 0.3 is 0 Å². The van der Waals surface area contributed by atoms with Crippen LogP contribution in [0.3, 0.4) is 0 Å². The highest BCUT2D eigenvalue weighted by Gasteiger charge is 2.25. The molecule has 0 saturated carbocycles. The number of carbonyl (C=O) groups excluding carboxylic acids is 3. The smallest absolute Gasteiger partial charge is 0.262 e. The largest absolute Gasteiger partial charge is 0.493 e. The molecule has 8 nitrogen and oxygen atoms in total. The summed E-state index contributed by atoms with van der Waals surface area (Å²) in [6.45, 7) is 3.36. The van der Waals surface area contributed by atoms with E-state index in [9.17, 15) is 18.8 Å². The molecule has 3 aromatic carbocycles. The molecular weight excluding hydrogens is 465 g/mol. The SMILES string of the molecule is COc1ccccc1OCC(=O)Nc1cccc(NC(=O)C(NC(=O)c2ccc(F)cc2)C(C)C)c1. The average molecular weight is 494 g/mol. The molecule has 0 aliphatic heterocycles. The molecule has 3 rings (SSSR count). The van der Waals surface area contributed by atoms with Crippen LogP contribution in [-0.2, 0) is 9.59 Å². The standard InChI is InChI=1S/C27H28FN3O5/c1-17(2)25(31-26(33)18-11-13-19(28)14-12-18)27(34)30-21-8-6-7-20(15-21)29-24(32)16-36-23-10-5-4-9-22(23)35-3/h4-15,17,25H,16H2,1-3H3,(H,29,32)(H,30,34)(H,31,33). The first-order chi connectivity index (χ1) is 17.3. The van der Waals surface area contributed by atoms with E-state index >= 15 is 0 Å². The van der Waals surface area contributed by atoms with Gasteiger partial charge in [-0.3, -0.25) is 14.4 Å². The first-order valence-electron chi connectivity index (χ1n) is 11.3. The minimum atomic E-state index is -0.838. The molecular formula is C27H28FN3O5. The summed E-state index contributed by atoms with van der Waals surface area (Å²) in [4.78, 5) is 37.8. The Balaban J connectivity index is 1.59. The predicted molar refractivity (Wildman–Crippen MR) is 135 cm³/mol. The van der Waals surface area contributed by atoms with Crippen molar-refractivity contribution in [2.24, 2.45) is 5.92 Å². The van der Waals surface area contributed by atoms with E-state index in [1.807, 2.05) is 0 Å². The average Bonchev–Trinajstić information content (AvgIpc) is 2.86. The van der Waals surface area contributed by atoms with E-state index in [4.69, 9.17) is 9.47 Å². The molecule has 9 heteroatoms. The lowest BCUT2D eigenvalue weighted by Crippen LogP contribution is -2.47. The molecule has 36 heavy (non-hydrogen) atoms. The summed E-state index contributed by atoms with van der Waals surface area (Å²) in [6.07, 6.45) is 0. The number of hydrogen-bond acceptors (Lipinski definition) is 5. The molecule has 0 bridgehead atoms. The maximum atomic E-state index is 13.1. The first kappa shape index (κ1) is 26.2. The van der Waals surface area contributed by atoms with Gasteiger partial charge in [0.2, 0.25) is 5.91 Å². The van der Waals surface area contributed by atoms with Gasteiger partial charge in [-0.05, 0) is 60.5 Å². The van der Waals surface area contributed by atoms with Crippen molar-refractivity contribution in [2.45, 2.75) is 19.9 Å². The maximum absolute atomic E-state index is 13.1. The van der Waals surface area contributed by atoms with Gasteiger partial charge in [0.25, 0.3) is 11.8 Å². The molecule has 1 unspecified atom stereocenters. The zero-order valence-electron chi connectivity index (χ0n) is 20.2. The number of para-hydroxylation sites is 2. The van der Waals surface area contributed by atoms with Crippen molar-refractivity contribution in [2.75, 3.05) is 24.4 Å². The maximum Gasteiger partial charge on any atom is 0.262 e. The number of amides is 3. The van der Waals surface area contributed by atoms with E-state index in [0.717, 1.165) is 0 Å². The third-order valence-corrected chi connectivity index (χ3v) is 5.18. The van der Waals surface area contributed by atoms with Crippen LogP contribution in [-0.4, -0.2) is 37.5 Å². The van der Waals surface area contributed by atoms with Crippen molar-refractivity contribution >= 4 is 29.1 Å². The zero-order chi connectivity index (χ0) is 26.1. The van der Waals surface area contributed by atoms with Crippen LogP contribution in [0.4, 0.5) is 15.8 Å². The Bertz CT molecular complexity index is 1210. The van der Waals surface area contributed by atoms with Crippen molar-refractivity contribution < 1.29 is 28.2 Å². The zero-order valence-corrected chi connectivity index (χ0v) is 20.2. The number of halogens is 1. The van der Waals surface area contributed by atoms with Crippen LogP contribution in [0.1, 0.15) is 24.2 Å². The molecule has 0 aromatic heterocycles. The minimum absolute atomic E-state index is 0.218. The minimum Gasteiger partial charge on any atom is -0.493 e. The highest BCUT2D eigenvalue weighted by molar-refractivity contribution is 6.01. The van der Waals surface area contributed by atoms with Crippen molar-refractivity contribution in [3.05, 3.63) is 84.2 Å². The lowest BCUT2D eigenvalue weighted by molar-refractivity contribution is -0.119. The number of rotatable bonds is 10. The molecule has 0 fully saturated rings. The van der Waals surface area contributed by atoms with Crippen LogP contribution in [0.2, 0.25) is 0 Å². The van der Waals surface area contributed by atoms with Gasteiger partial charge in [-0.1, -0.05) is 32.0 Å². The summed E-state index contributed by atoms with van der Waals surface area (Å²) < 4.78 is 23.9. The number of carbonyl (C=O) groups is 3. The predicted octanol–water partition coefficient (Wildman–Crippen LogP) is 4.24. The molecule has 0 heterocycles. The van der Waals surface area contributed by atoms with Crippen molar-refractivity contribution in [3.8, 4) is 11.5 Å². The first-order valence-corrected chi connectivity index (χ1v) is 11.3. The van der Waals surface area contributed by atoms with E-state index in [0.29, 0.717) is 22.9 Å². The van der Waals surface area contributed by atoms with Crippen LogP contribution >= 0.6 is 0 Å². The number of nitrogens with one attached hydrogen (secondary N) is 3. The third kappa shape index (κ3) is 7.30. The normalized spacial score (nSPS) is 11.4. The van der Waals surface area contributed by atoms with Gasteiger partial charge in [0.05, 0.1) is 7.11 Å². The molecule has 3 aromatic rings. The van der Waals surface area contributed by atoms with Crippen LogP contribution in [0.5, 0.6) is 11.5 Å². The van der Waals surface area contributed by atoms with Crippen molar-refractivity contribution in [3.63, 3.8) is 0 Å². The second-order valence-corrected chi connectivity index (χ2v) is 8.26. The van der Waals surface area contributed by atoms with E-state index in [-0.39, 0.29) is 18.1 Å². The fourth-order valence-corrected chi connectivity index (χ4v) is 3.33. The fourth-order valence-electron chi connectivity index (χ4n) is 3.33. The number of methoxy groups -OCH3 is 1. The number of hydrogen-bond donors (Lipinski definition) is 3. The van der Waals surface area contributed by atoms with Gasteiger partial charge in [0, 0.05) is 16.9 Å². The van der Waals surface area contributed by atoms with Crippen LogP contribution in [0.25, 0.3) is 0 Å². The molecule has 3 N–H and O–H groups in total. The quantitative estimate of drug-likeness (QED) is 0.392.